The zero-order valence-electron chi connectivity index (χ0n) is 11.3. The maximum absolute atomic E-state index is 12.8. The fraction of sp³-hybridized carbons (Fsp3) is 0.429. The van der Waals surface area contributed by atoms with Crippen molar-refractivity contribution in [2.24, 2.45) is 5.18 Å². The summed E-state index contributed by atoms with van der Waals surface area (Å²) in [7, 11) is 0. The van der Waals surface area contributed by atoms with Gasteiger partial charge >= 0.3 is 6.09 Å². The molecule has 1 fully saturated rings. The van der Waals surface area contributed by atoms with E-state index in [-0.39, 0.29) is 31.3 Å². The van der Waals surface area contributed by atoms with E-state index >= 15 is 0 Å². The standard InChI is InChI=1S/C14H15FN2O4/c15-11-6-4-10(5-7-11)12(16-20)2-1-3-13(18)17-8-9-21-14(17)19/h4-7,12H,1-3,8-9H2. The smallest absolute Gasteiger partial charge is 0.416 e. The zero-order valence-corrected chi connectivity index (χ0v) is 11.3. The molecule has 1 saturated heterocycles. The number of halogens is 1. The molecule has 112 valence electrons. The van der Waals surface area contributed by atoms with Gasteiger partial charge in [-0.05, 0) is 30.5 Å². The lowest BCUT2D eigenvalue weighted by Gasteiger charge is -2.12. The summed E-state index contributed by atoms with van der Waals surface area (Å²) in [5.41, 5.74) is 0.611. The maximum atomic E-state index is 12.8. The Morgan fingerprint density at radius 1 is 1.38 bits per heavy atom. The minimum absolute atomic E-state index is 0.141. The van der Waals surface area contributed by atoms with Crippen LogP contribution in [-0.2, 0) is 9.53 Å². The van der Waals surface area contributed by atoms with Gasteiger partial charge in [-0.1, -0.05) is 17.3 Å². The van der Waals surface area contributed by atoms with Crippen LogP contribution in [0.3, 0.4) is 0 Å². The predicted molar refractivity (Wildman–Crippen MR) is 71.8 cm³/mol. The Balaban J connectivity index is 1.83. The van der Waals surface area contributed by atoms with Crippen LogP contribution >= 0.6 is 0 Å². The fourth-order valence-corrected chi connectivity index (χ4v) is 2.17. The lowest BCUT2D eigenvalue weighted by molar-refractivity contribution is -0.127. The molecule has 0 bridgehead atoms. The summed E-state index contributed by atoms with van der Waals surface area (Å²) in [5.74, 6) is -0.702. The molecule has 1 atom stereocenters. The van der Waals surface area contributed by atoms with E-state index in [1.807, 2.05) is 0 Å². The van der Waals surface area contributed by atoms with Gasteiger partial charge in [0.2, 0.25) is 5.91 Å². The largest absolute Gasteiger partial charge is 0.447 e. The number of rotatable bonds is 6. The Morgan fingerprint density at radius 2 is 2.10 bits per heavy atom. The van der Waals surface area contributed by atoms with Crippen LogP contribution in [0.15, 0.2) is 29.4 Å². The van der Waals surface area contributed by atoms with Crippen LogP contribution in [0.4, 0.5) is 9.18 Å². The number of hydrogen-bond donors (Lipinski definition) is 0. The number of benzene rings is 1. The highest BCUT2D eigenvalue weighted by Gasteiger charge is 2.27. The van der Waals surface area contributed by atoms with Crippen LogP contribution in [0.25, 0.3) is 0 Å². The molecule has 1 unspecified atom stereocenters. The lowest BCUT2D eigenvalue weighted by Crippen LogP contribution is -2.31. The fourth-order valence-electron chi connectivity index (χ4n) is 2.17. The normalized spacial score (nSPS) is 15.7. The Hall–Kier alpha value is -2.31. The maximum Gasteiger partial charge on any atom is 0.416 e. The second-order valence-corrected chi connectivity index (χ2v) is 4.72. The van der Waals surface area contributed by atoms with Crippen molar-refractivity contribution in [1.29, 1.82) is 0 Å². The van der Waals surface area contributed by atoms with Crippen molar-refractivity contribution in [3.8, 4) is 0 Å². The summed E-state index contributed by atoms with van der Waals surface area (Å²) in [6.07, 6.45) is 0.297. The van der Waals surface area contributed by atoms with Gasteiger partial charge in [0, 0.05) is 6.42 Å². The van der Waals surface area contributed by atoms with Crippen LogP contribution in [0.2, 0.25) is 0 Å². The number of cyclic esters (lactones) is 1. The third kappa shape index (κ3) is 3.84. The van der Waals surface area contributed by atoms with Crippen LogP contribution in [-0.4, -0.2) is 30.1 Å². The quantitative estimate of drug-likeness (QED) is 0.756. The molecule has 0 aliphatic carbocycles. The van der Waals surface area contributed by atoms with Gasteiger partial charge in [0.25, 0.3) is 0 Å². The number of carbonyl (C=O) groups excluding carboxylic acids is 2. The minimum Gasteiger partial charge on any atom is -0.447 e. The van der Waals surface area contributed by atoms with E-state index in [9.17, 15) is 18.9 Å². The molecule has 1 aromatic carbocycles. The lowest BCUT2D eigenvalue weighted by atomic mass is 10.0. The molecule has 1 aromatic rings. The molecule has 0 N–H and O–H groups in total. The number of amides is 2. The molecule has 2 rings (SSSR count). The Labute approximate surface area is 120 Å². The monoisotopic (exact) mass is 294 g/mol. The molecule has 0 radical (unpaired) electrons. The number of nitroso groups, excluding NO2 is 1. The molecule has 0 spiro atoms. The van der Waals surface area contributed by atoms with Gasteiger partial charge in [-0.2, -0.15) is 4.91 Å². The number of nitrogens with zero attached hydrogens (tertiary/aromatic N) is 2. The van der Waals surface area contributed by atoms with Gasteiger partial charge in [0.1, 0.15) is 18.5 Å². The second-order valence-electron chi connectivity index (χ2n) is 4.72. The van der Waals surface area contributed by atoms with Crippen molar-refractivity contribution in [3.63, 3.8) is 0 Å². The second kappa shape index (κ2) is 6.92. The Bertz CT molecular complexity index is 532. The van der Waals surface area contributed by atoms with Crippen molar-refractivity contribution >= 4 is 12.0 Å². The number of imide groups is 1. The molecule has 0 aromatic heterocycles. The third-order valence-corrected chi connectivity index (χ3v) is 3.31. The molecule has 1 aliphatic rings. The van der Waals surface area contributed by atoms with E-state index in [0.29, 0.717) is 18.4 Å². The van der Waals surface area contributed by atoms with Gasteiger partial charge in [0.05, 0.1) is 6.54 Å². The first kappa shape index (κ1) is 15.1. The van der Waals surface area contributed by atoms with E-state index in [0.717, 1.165) is 4.90 Å². The first-order valence-electron chi connectivity index (χ1n) is 6.67. The summed E-state index contributed by atoms with van der Waals surface area (Å²) in [4.78, 5) is 34.9. The third-order valence-electron chi connectivity index (χ3n) is 3.31. The topological polar surface area (TPSA) is 76.0 Å². The molecular formula is C14H15FN2O4. The van der Waals surface area contributed by atoms with Crippen molar-refractivity contribution in [2.75, 3.05) is 13.2 Å². The van der Waals surface area contributed by atoms with Crippen molar-refractivity contribution in [3.05, 3.63) is 40.6 Å². The Morgan fingerprint density at radius 3 is 2.67 bits per heavy atom. The SMILES string of the molecule is O=NC(CCCC(=O)N1CCOC1=O)c1ccc(F)cc1. The first-order chi connectivity index (χ1) is 10.1. The highest BCUT2D eigenvalue weighted by Crippen LogP contribution is 2.24. The molecule has 2 amide bonds. The van der Waals surface area contributed by atoms with Gasteiger partial charge in [-0.15, -0.1) is 0 Å². The molecule has 7 heteroatoms. The number of carbonyl (C=O) groups is 2. The summed E-state index contributed by atoms with van der Waals surface area (Å²) < 4.78 is 17.5. The van der Waals surface area contributed by atoms with E-state index < -0.39 is 12.1 Å². The van der Waals surface area contributed by atoms with Crippen molar-refractivity contribution in [1.82, 2.24) is 4.90 Å². The first-order valence-corrected chi connectivity index (χ1v) is 6.67. The van der Waals surface area contributed by atoms with Crippen LogP contribution in [0.1, 0.15) is 30.9 Å². The summed E-state index contributed by atoms with van der Waals surface area (Å²) in [6, 6.07) is 4.91. The summed E-state index contributed by atoms with van der Waals surface area (Å²) >= 11 is 0. The van der Waals surface area contributed by atoms with Gasteiger partial charge in [0.15, 0.2) is 0 Å². The van der Waals surface area contributed by atoms with Gasteiger partial charge in [-0.25, -0.2) is 14.1 Å². The summed E-state index contributed by atoms with van der Waals surface area (Å²) in [6.45, 7) is 0.490. The summed E-state index contributed by atoms with van der Waals surface area (Å²) in [5, 5.41) is 3.01. The Kier molecular flexibility index (Phi) is 4.97. The number of ether oxygens (including phenoxy) is 1. The van der Waals surface area contributed by atoms with Crippen LogP contribution < -0.4 is 0 Å². The highest BCUT2D eigenvalue weighted by atomic mass is 19.1. The molecular weight excluding hydrogens is 279 g/mol. The van der Waals surface area contributed by atoms with Crippen LogP contribution in [0, 0.1) is 10.7 Å². The molecule has 1 heterocycles. The minimum atomic E-state index is -0.622. The van der Waals surface area contributed by atoms with E-state index in [2.05, 4.69) is 9.91 Å². The van der Waals surface area contributed by atoms with E-state index in [4.69, 9.17) is 0 Å². The van der Waals surface area contributed by atoms with Crippen LogP contribution in [0.5, 0.6) is 0 Å². The molecule has 6 nitrogen and oxygen atoms in total. The molecule has 0 saturated carbocycles. The average molecular weight is 294 g/mol. The van der Waals surface area contributed by atoms with E-state index in [1.54, 1.807) is 0 Å². The van der Waals surface area contributed by atoms with Crippen molar-refractivity contribution < 1.29 is 18.7 Å². The van der Waals surface area contributed by atoms with E-state index in [1.165, 1.54) is 24.3 Å². The average Bonchev–Trinajstić information content (AvgIpc) is 2.91. The van der Waals surface area contributed by atoms with Gasteiger partial charge in [-0.3, -0.25) is 4.79 Å². The highest BCUT2D eigenvalue weighted by molar-refractivity contribution is 5.92. The predicted octanol–water partition coefficient (Wildman–Crippen LogP) is 2.78. The van der Waals surface area contributed by atoms with Crippen molar-refractivity contribution in [2.45, 2.75) is 25.3 Å². The molecule has 21 heavy (non-hydrogen) atoms. The number of hydrogen-bond acceptors (Lipinski definition) is 5. The zero-order chi connectivity index (χ0) is 15.2. The van der Waals surface area contributed by atoms with Gasteiger partial charge < -0.3 is 4.74 Å². The molecule has 1 aliphatic heterocycles.